The number of phenols is 1. The summed E-state index contributed by atoms with van der Waals surface area (Å²) in [6, 6.07) is 29.5. The molecule has 188 valence electrons. The van der Waals surface area contributed by atoms with Crippen LogP contribution < -0.4 is 14.2 Å². The first-order chi connectivity index (χ1) is 18.0. The van der Waals surface area contributed by atoms with E-state index in [0.29, 0.717) is 30.3 Å². The zero-order valence-corrected chi connectivity index (χ0v) is 20.4. The predicted molar refractivity (Wildman–Crippen MR) is 141 cm³/mol. The molecule has 6 heteroatoms. The van der Waals surface area contributed by atoms with Gasteiger partial charge in [0.05, 0.1) is 0 Å². The maximum atomic E-state index is 11.5. The minimum Gasteiger partial charge on any atom is -0.508 e. The quantitative estimate of drug-likeness (QED) is 0.200. The highest BCUT2D eigenvalue weighted by Gasteiger charge is 2.14. The number of rotatable bonds is 10. The zero-order chi connectivity index (χ0) is 26.0. The Balaban J connectivity index is 1.56. The molecule has 0 aliphatic heterocycles. The number of esters is 1. The summed E-state index contributed by atoms with van der Waals surface area (Å²) in [5.74, 6) is 0.712. The number of hydrogen-bond donors (Lipinski definition) is 2. The summed E-state index contributed by atoms with van der Waals surface area (Å²) < 4.78 is 17.3. The summed E-state index contributed by atoms with van der Waals surface area (Å²) in [6.45, 7) is 2.04. The van der Waals surface area contributed by atoms with Crippen molar-refractivity contribution in [3.8, 4) is 23.0 Å². The average Bonchev–Trinajstić information content (AvgIpc) is 2.91. The number of carbonyl (C=O) groups is 1. The van der Waals surface area contributed by atoms with E-state index >= 15 is 0 Å². The maximum Gasteiger partial charge on any atom is 0.308 e. The molecular weight excluding hydrogens is 468 g/mol. The van der Waals surface area contributed by atoms with E-state index in [2.05, 4.69) is 0 Å². The first kappa shape index (κ1) is 25.5. The van der Waals surface area contributed by atoms with E-state index in [-0.39, 0.29) is 11.5 Å². The Labute approximate surface area is 216 Å². The van der Waals surface area contributed by atoms with Crippen LogP contribution >= 0.6 is 0 Å². The Morgan fingerprint density at radius 1 is 0.811 bits per heavy atom. The number of benzene rings is 4. The van der Waals surface area contributed by atoms with Crippen LogP contribution in [0.4, 0.5) is 0 Å². The highest BCUT2D eigenvalue weighted by molar-refractivity contribution is 5.70. The molecule has 1 atom stereocenters. The third kappa shape index (κ3) is 7.46. The molecule has 1 unspecified atom stereocenters. The van der Waals surface area contributed by atoms with E-state index in [4.69, 9.17) is 14.2 Å². The lowest BCUT2D eigenvalue weighted by molar-refractivity contribution is -0.131. The van der Waals surface area contributed by atoms with Crippen LogP contribution in [0.2, 0.25) is 0 Å². The molecule has 0 aliphatic rings. The summed E-state index contributed by atoms with van der Waals surface area (Å²) in [5.41, 5.74) is 3.15. The second-order valence-corrected chi connectivity index (χ2v) is 8.37. The molecule has 0 saturated heterocycles. The van der Waals surface area contributed by atoms with Crippen molar-refractivity contribution in [2.24, 2.45) is 0 Å². The number of aliphatic hydroxyl groups is 1. The Kier molecular flexibility index (Phi) is 8.57. The van der Waals surface area contributed by atoms with Gasteiger partial charge in [-0.2, -0.15) is 0 Å². The second-order valence-electron chi connectivity index (χ2n) is 8.37. The van der Waals surface area contributed by atoms with Gasteiger partial charge in [0.2, 0.25) is 0 Å². The van der Waals surface area contributed by atoms with Crippen LogP contribution in [-0.4, -0.2) is 16.2 Å². The summed E-state index contributed by atoms with van der Waals surface area (Å²) >= 11 is 0. The van der Waals surface area contributed by atoms with Gasteiger partial charge in [-0.25, -0.2) is 0 Å². The van der Waals surface area contributed by atoms with Crippen molar-refractivity contribution >= 4 is 12.0 Å². The molecule has 0 aromatic heterocycles. The van der Waals surface area contributed by atoms with Crippen molar-refractivity contribution in [2.75, 3.05) is 0 Å². The molecule has 0 saturated carbocycles. The van der Waals surface area contributed by atoms with Crippen molar-refractivity contribution in [3.63, 3.8) is 0 Å². The van der Waals surface area contributed by atoms with Gasteiger partial charge < -0.3 is 24.4 Å². The molecule has 4 aromatic rings. The Bertz CT molecular complexity index is 1350. The number of hydrogen-bond acceptors (Lipinski definition) is 6. The number of aromatic hydroxyl groups is 1. The van der Waals surface area contributed by atoms with Crippen molar-refractivity contribution in [1.82, 2.24) is 0 Å². The molecule has 0 amide bonds. The molecule has 0 spiro atoms. The van der Waals surface area contributed by atoms with E-state index in [1.807, 2.05) is 78.9 Å². The molecule has 0 fully saturated rings. The summed E-state index contributed by atoms with van der Waals surface area (Å²) in [4.78, 5) is 11.5. The van der Waals surface area contributed by atoms with Crippen LogP contribution in [0, 0.1) is 0 Å². The highest BCUT2D eigenvalue weighted by Crippen LogP contribution is 2.32. The lowest BCUT2D eigenvalue weighted by Crippen LogP contribution is -2.05. The summed E-state index contributed by atoms with van der Waals surface area (Å²) in [7, 11) is 0. The van der Waals surface area contributed by atoms with Crippen molar-refractivity contribution in [3.05, 3.63) is 125 Å². The van der Waals surface area contributed by atoms with Gasteiger partial charge in [-0.3, -0.25) is 4.79 Å². The number of carbonyl (C=O) groups excluding carboxylic acids is 1. The Morgan fingerprint density at radius 2 is 1.46 bits per heavy atom. The first-order valence-electron chi connectivity index (χ1n) is 11.8. The molecule has 0 radical (unpaired) electrons. The number of phenolic OH excluding ortho intramolecular Hbond substituents is 1. The number of aliphatic hydroxyl groups excluding tert-OH is 1. The van der Waals surface area contributed by atoms with Gasteiger partial charge in [0, 0.05) is 30.2 Å². The van der Waals surface area contributed by atoms with Gasteiger partial charge >= 0.3 is 5.97 Å². The van der Waals surface area contributed by atoms with Gasteiger partial charge in [0.1, 0.15) is 42.3 Å². The van der Waals surface area contributed by atoms with Gasteiger partial charge in [0.15, 0.2) is 0 Å². The molecule has 0 bridgehead atoms. The standard InChI is InChI=1S/C31H28O6/c1-22(32)37-31-18-26(33)14-16-28(31)29(34)17-13-25-12-15-27(35-20-23-8-4-2-5-9-23)19-30(25)36-21-24-10-6-3-7-11-24/h2-19,29,33-34H,20-21H2,1H3. The van der Waals surface area contributed by atoms with Crippen molar-refractivity contribution in [2.45, 2.75) is 26.2 Å². The minimum atomic E-state index is -1.09. The fourth-order valence-corrected chi connectivity index (χ4v) is 3.65. The molecule has 37 heavy (non-hydrogen) atoms. The fraction of sp³-hybridized carbons (Fsp3) is 0.129. The van der Waals surface area contributed by atoms with Gasteiger partial charge in [-0.1, -0.05) is 72.8 Å². The third-order valence-corrected chi connectivity index (χ3v) is 5.50. The molecule has 2 N–H and O–H groups in total. The van der Waals surface area contributed by atoms with Crippen LogP contribution in [0.25, 0.3) is 6.08 Å². The summed E-state index contributed by atoms with van der Waals surface area (Å²) in [6.07, 6.45) is 2.20. The topological polar surface area (TPSA) is 85.2 Å². The van der Waals surface area contributed by atoms with Crippen molar-refractivity contribution < 1.29 is 29.2 Å². The third-order valence-electron chi connectivity index (χ3n) is 5.50. The van der Waals surface area contributed by atoms with Gasteiger partial charge in [0.25, 0.3) is 0 Å². The van der Waals surface area contributed by atoms with Crippen molar-refractivity contribution in [1.29, 1.82) is 0 Å². The molecule has 0 heterocycles. The lowest BCUT2D eigenvalue weighted by atomic mass is 10.1. The number of ether oxygens (including phenoxy) is 3. The Morgan fingerprint density at radius 3 is 2.11 bits per heavy atom. The van der Waals surface area contributed by atoms with E-state index in [0.717, 1.165) is 16.7 Å². The highest BCUT2D eigenvalue weighted by atomic mass is 16.5. The Hall–Kier alpha value is -4.55. The fourth-order valence-electron chi connectivity index (χ4n) is 3.65. The largest absolute Gasteiger partial charge is 0.508 e. The molecule has 4 rings (SSSR count). The SMILES string of the molecule is CC(=O)Oc1cc(O)ccc1C(O)C=Cc1ccc(OCc2ccccc2)cc1OCc1ccccc1. The summed E-state index contributed by atoms with van der Waals surface area (Å²) in [5, 5.41) is 20.6. The van der Waals surface area contributed by atoms with Crippen LogP contribution in [0.15, 0.2) is 103 Å². The van der Waals surface area contributed by atoms with Gasteiger partial charge in [-0.05, 0) is 35.4 Å². The maximum absolute atomic E-state index is 11.5. The van der Waals surface area contributed by atoms with E-state index in [1.165, 1.54) is 25.1 Å². The first-order valence-corrected chi connectivity index (χ1v) is 11.8. The monoisotopic (exact) mass is 496 g/mol. The molecule has 6 nitrogen and oxygen atoms in total. The van der Waals surface area contributed by atoms with Crippen LogP contribution in [-0.2, 0) is 18.0 Å². The smallest absolute Gasteiger partial charge is 0.308 e. The predicted octanol–water partition coefficient (Wildman–Crippen LogP) is 6.22. The van der Waals surface area contributed by atoms with Crippen LogP contribution in [0.1, 0.15) is 35.3 Å². The average molecular weight is 497 g/mol. The molecule has 0 aliphatic carbocycles. The molecular formula is C31H28O6. The second kappa shape index (κ2) is 12.4. The lowest BCUT2D eigenvalue weighted by Gasteiger charge is -2.14. The van der Waals surface area contributed by atoms with Crippen LogP contribution in [0.3, 0.4) is 0 Å². The minimum absolute atomic E-state index is 0.0705. The van der Waals surface area contributed by atoms with E-state index < -0.39 is 12.1 Å². The normalized spacial score (nSPS) is 11.7. The van der Waals surface area contributed by atoms with E-state index in [1.54, 1.807) is 12.2 Å². The van der Waals surface area contributed by atoms with Crippen LogP contribution in [0.5, 0.6) is 23.0 Å². The molecule has 4 aromatic carbocycles. The van der Waals surface area contributed by atoms with Gasteiger partial charge in [-0.15, -0.1) is 0 Å². The van der Waals surface area contributed by atoms with E-state index in [9.17, 15) is 15.0 Å². The zero-order valence-electron chi connectivity index (χ0n) is 20.4.